The topological polar surface area (TPSA) is 88.0 Å². The van der Waals surface area contributed by atoms with Crippen molar-refractivity contribution in [2.24, 2.45) is 0 Å². The first kappa shape index (κ1) is 16.3. The third kappa shape index (κ3) is 3.06. The summed E-state index contributed by atoms with van der Waals surface area (Å²) in [6, 6.07) is 13.1. The van der Waals surface area contributed by atoms with E-state index >= 15 is 0 Å². The number of hydrogen-bond acceptors (Lipinski definition) is 5. The number of furan rings is 1. The van der Waals surface area contributed by atoms with Gasteiger partial charge in [-0.3, -0.25) is 14.6 Å². The van der Waals surface area contributed by atoms with Gasteiger partial charge in [0.25, 0.3) is 5.56 Å². The van der Waals surface area contributed by atoms with Gasteiger partial charge in [0.15, 0.2) is 5.16 Å². The van der Waals surface area contributed by atoms with E-state index in [2.05, 4.69) is 15.3 Å². The number of benzene rings is 2. The molecule has 4 rings (SSSR count). The molecule has 0 aliphatic heterocycles. The van der Waals surface area contributed by atoms with E-state index in [9.17, 15) is 14.0 Å². The first-order valence-electron chi connectivity index (χ1n) is 7.70. The molecule has 2 N–H and O–H groups in total. The first-order valence-corrected chi connectivity index (χ1v) is 8.69. The predicted molar refractivity (Wildman–Crippen MR) is 97.9 cm³/mol. The molecule has 0 saturated carbocycles. The second kappa shape index (κ2) is 6.64. The third-order valence-corrected chi connectivity index (χ3v) is 4.57. The fourth-order valence-electron chi connectivity index (χ4n) is 2.53. The molecule has 130 valence electrons. The second-order valence-electron chi connectivity index (χ2n) is 5.46. The highest BCUT2D eigenvalue weighted by Crippen LogP contribution is 2.26. The summed E-state index contributed by atoms with van der Waals surface area (Å²) >= 11 is 1.05. The molecule has 0 radical (unpaired) electrons. The number of fused-ring (bicyclic) bond motifs is 3. The highest BCUT2D eigenvalue weighted by atomic mass is 32.2. The number of nitrogens with zero attached hydrogens (tertiary/aromatic N) is 1. The van der Waals surface area contributed by atoms with Gasteiger partial charge in [-0.05, 0) is 24.3 Å². The van der Waals surface area contributed by atoms with Gasteiger partial charge in [0.05, 0.1) is 11.4 Å². The van der Waals surface area contributed by atoms with Gasteiger partial charge in [-0.2, -0.15) is 0 Å². The normalized spacial score (nSPS) is 11.1. The van der Waals surface area contributed by atoms with Crippen molar-refractivity contribution in [2.75, 3.05) is 11.1 Å². The second-order valence-corrected chi connectivity index (χ2v) is 6.43. The van der Waals surface area contributed by atoms with Crippen molar-refractivity contribution in [3.05, 3.63) is 64.7 Å². The standard InChI is InChI=1S/C18H12FN3O3S/c19-11-6-2-3-7-12(11)20-14(23)9-26-18-21-15-10-5-1-4-8-13(10)25-16(15)17(24)22-18/h1-8H,9H2,(H,20,23)(H,21,22,24). The van der Waals surface area contributed by atoms with E-state index in [1.807, 2.05) is 18.2 Å². The van der Waals surface area contributed by atoms with Crippen LogP contribution < -0.4 is 10.9 Å². The maximum absolute atomic E-state index is 13.6. The van der Waals surface area contributed by atoms with Crippen LogP contribution in [0, 0.1) is 5.82 Å². The van der Waals surface area contributed by atoms with Crippen LogP contribution in [0.2, 0.25) is 0 Å². The number of rotatable bonds is 4. The lowest BCUT2D eigenvalue weighted by atomic mass is 10.2. The van der Waals surface area contributed by atoms with Crippen LogP contribution in [-0.4, -0.2) is 21.6 Å². The number of aromatic nitrogens is 2. The third-order valence-electron chi connectivity index (χ3n) is 3.70. The lowest BCUT2D eigenvalue weighted by molar-refractivity contribution is -0.113. The number of carbonyl (C=O) groups excluding carboxylic acids is 1. The molecule has 0 spiro atoms. The fraction of sp³-hybridized carbons (Fsp3) is 0.0556. The average Bonchev–Trinajstić information content (AvgIpc) is 3.01. The molecule has 1 amide bonds. The van der Waals surface area contributed by atoms with Gasteiger partial charge in [0, 0.05) is 5.39 Å². The maximum Gasteiger partial charge on any atom is 0.295 e. The number of H-pyrrole nitrogens is 1. The van der Waals surface area contributed by atoms with E-state index in [0.29, 0.717) is 11.1 Å². The van der Waals surface area contributed by atoms with Gasteiger partial charge < -0.3 is 9.73 Å². The summed E-state index contributed by atoms with van der Waals surface area (Å²) in [6.45, 7) is 0. The number of hydrogen-bond donors (Lipinski definition) is 2. The summed E-state index contributed by atoms with van der Waals surface area (Å²) in [5.41, 5.74) is 0.853. The van der Waals surface area contributed by atoms with Crippen LogP contribution in [0.5, 0.6) is 0 Å². The van der Waals surface area contributed by atoms with Gasteiger partial charge in [-0.1, -0.05) is 36.0 Å². The lowest BCUT2D eigenvalue weighted by Crippen LogP contribution is -2.16. The first-order chi connectivity index (χ1) is 12.6. The van der Waals surface area contributed by atoms with Gasteiger partial charge in [0.2, 0.25) is 11.5 Å². The van der Waals surface area contributed by atoms with Crippen molar-refractivity contribution in [3.8, 4) is 0 Å². The summed E-state index contributed by atoms with van der Waals surface area (Å²) in [7, 11) is 0. The number of anilines is 1. The Morgan fingerprint density at radius 1 is 1.19 bits per heavy atom. The van der Waals surface area contributed by atoms with Crippen molar-refractivity contribution in [2.45, 2.75) is 5.16 Å². The van der Waals surface area contributed by atoms with Crippen LogP contribution in [0.1, 0.15) is 0 Å². The molecule has 2 heterocycles. The minimum absolute atomic E-state index is 0.0292. The average molecular weight is 369 g/mol. The minimum Gasteiger partial charge on any atom is -0.449 e. The summed E-state index contributed by atoms with van der Waals surface area (Å²) < 4.78 is 19.1. The van der Waals surface area contributed by atoms with Crippen LogP contribution in [0.3, 0.4) is 0 Å². The molecule has 0 atom stereocenters. The van der Waals surface area contributed by atoms with Gasteiger partial charge in [0.1, 0.15) is 16.9 Å². The molecule has 0 saturated heterocycles. The molecule has 2 aromatic heterocycles. The van der Waals surface area contributed by atoms with E-state index < -0.39 is 17.3 Å². The lowest BCUT2D eigenvalue weighted by Gasteiger charge is -2.05. The van der Waals surface area contributed by atoms with Crippen LogP contribution in [-0.2, 0) is 4.79 Å². The molecule has 0 bridgehead atoms. The zero-order chi connectivity index (χ0) is 18.1. The molecule has 4 aromatic rings. The molecular formula is C18H12FN3O3S. The zero-order valence-corrected chi connectivity index (χ0v) is 14.1. The minimum atomic E-state index is -0.510. The van der Waals surface area contributed by atoms with Gasteiger partial charge >= 0.3 is 0 Å². The van der Waals surface area contributed by atoms with Crippen molar-refractivity contribution in [1.82, 2.24) is 9.97 Å². The molecule has 0 unspecified atom stereocenters. The van der Waals surface area contributed by atoms with Crippen molar-refractivity contribution >= 4 is 45.4 Å². The Kier molecular flexibility index (Phi) is 4.18. The van der Waals surface area contributed by atoms with Gasteiger partial charge in [-0.25, -0.2) is 9.37 Å². The Bertz CT molecular complexity index is 1190. The van der Waals surface area contributed by atoms with E-state index in [0.717, 1.165) is 17.1 Å². The molecule has 8 heteroatoms. The van der Waals surface area contributed by atoms with Crippen LogP contribution in [0.25, 0.3) is 22.1 Å². The largest absolute Gasteiger partial charge is 0.449 e. The van der Waals surface area contributed by atoms with Crippen molar-refractivity contribution in [3.63, 3.8) is 0 Å². The Hall–Kier alpha value is -3.13. The number of carbonyl (C=O) groups is 1. The van der Waals surface area contributed by atoms with E-state index in [-0.39, 0.29) is 22.2 Å². The van der Waals surface area contributed by atoms with Crippen molar-refractivity contribution in [1.29, 1.82) is 0 Å². The Labute approximate surface area is 150 Å². The fourth-order valence-corrected chi connectivity index (χ4v) is 3.19. The summed E-state index contributed by atoms with van der Waals surface area (Å²) in [4.78, 5) is 31.2. The molecule has 26 heavy (non-hydrogen) atoms. The van der Waals surface area contributed by atoms with E-state index in [4.69, 9.17) is 4.42 Å². The molecule has 2 aromatic carbocycles. The number of para-hydroxylation sites is 2. The van der Waals surface area contributed by atoms with Crippen molar-refractivity contribution < 1.29 is 13.6 Å². The number of amides is 1. The predicted octanol–water partition coefficient (Wildman–Crippen LogP) is 3.54. The van der Waals surface area contributed by atoms with Crippen LogP contribution in [0.4, 0.5) is 10.1 Å². The van der Waals surface area contributed by atoms with E-state index in [1.54, 1.807) is 18.2 Å². The monoisotopic (exact) mass is 369 g/mol. The molecule has 0 aliphatic rings. The highest BCUT2D eigenvalue weighted by molar-refractivity contribution is 7.99. The molecule has 0 aliphatic carbocycles. The van der Waals surface area contributed by atoms with Crippen LogP contribution >= 0.6 is 11.8 Å². The smallest absolute Gasteiger partial charge is 0.295 e. The summed E-state index contributed by atoms with van der Waals surface area (Å²) in [6.07, 6.45) is 0. The Balaban J connectivity index is 1.56. The number of aromatic amines is 1. The Morgan fingerprint density at radius 2 is 1.96 bits per heavy atom. The maximum atomic E-state index is 13.6. The number of nitrogens with one attached hydrogen (secondary N) is 2. The SMILES string of the molecule is O=C(CSc1nc2c(oc3ccccc32)c(=O)[nH]1)Nc1ccccc1F. The number of thioether (sulfide) groups is 1. The molecular weight excluding hydrogens is 357 g/mol. The van der Waals surface area contributed by atoms with Gasteiger partial charge in [-0.15, -0.1) is 0 Å². The van der Waals surface area contributed by atoms with E-state index in [1.165, 1.54) is 12.1 Å². The zero-order valence-electron chi connectivity index (χ0n) is 13.3. The quantitative estimate of drug-likeness (QED) is 0.424. The molecule has 0 fully saturated rings. The van der Waals surface area contributed by atoms with Crippen LogP contribution in [0.15, 0.2) is 62.9 Å². The Morgan fingerprint density at radius 3 is 2.81 bits per heavy atom. The summed E-state index contributed by atoms with van der Waals surface area (Å²) in [5.74, 6) is -0.943. The number of halogens is 1. The molecule has 6 nitrogen and oxygen atoms in total. The highest BCUT2D eigenvalue weighted by Gasteiger charge is 2.14. The summed E-state index contributed by atoms with van der Waals surface area (Å²) in [5, 5.41) is 3.50.